The summed E-state index contributed by atoms with van der Waals surface area (Å²) in [6.45, 7) is 5.92. The van der Waals surface area contributed by atoms with Crippen molar-refractivity contribution < 1.29 is 24.2 Å². The zero-order chi connectivity index (χ0) is 17.3. The minimum absolute atomic E-state index is 0.157. The van der Waals surface area contributed by atoms with Crippen LogP contribution in [0.4, 0.5) is 0 Å². The molecule has 1 fully saturated rings. The Morgan fingerprint density at radius 2 is 2.17 bits per heavy atom. The molecular formula is C16H22N2O5. The van der Waals surface area contributed by atoms with E-state index in [0.29, 0.717) is 6.61 Å². The van der Waals surface area contributed by atoms with Crippen molar-refractivity contribution >= 4 is 11.9 Å². The molecule has 2 N–H and O–H groups in total. The van der Waals surface area contributed by atoms with Gasteiger partial charge in [0.05, 0.1) is 13.2 Å². The van der Waals surface area contributed by atoms with Crippen LogP contribution < -0.4 is 10.1 Å². The monoisotopic (exact) mass is 322 g/mol. The van der Waals surface area contributed by atoms with Gasteiger partial charge in [0.25, 0.3) is 5.91 Å². The molecule has 2 rings (SSSR count). The van der Waals surface area contributed by atoms with E-state index in [-0.39, 0.29) is 24.0 Å². The fourth-order valence-corrected chi connectivity index (χ4v) is 3.02. The van der Waals surface area contributed by atoms with Gasteiger partial charge in [0.2, 0.25) is 5.88 Å². The molecule has 0 radical (unpaired) electrons. The molecule has 2 unspecified atom stereocenters. The first-order valence-electron chi connectivity index (χ1n) is 7.46. The Hall–Kier alpha value is -2.15. The van der Waals surface area contributed by atoms with Gasteiger partial charge in [-0.15, -0.1) is 0 Å². The van der Waals surface area contributed by atoms with Gasteiger partial charge in [-0.25, -0.2) is 9.78 Å². The number of hydrogen-bond acceptors (Lipinski definition) is 5. The number of carbonyl (C=O) groups excluding carboxylic acids is 1. The summed E-state index contributed by atoms with van der Waals surface area (Å²) in [5.74, 6) is -1.45. The van der Waals surface area contributed by atoms with Gasteiger partial charge in [0.15, 0.2) is 0 Å². The summed E-state index contributed by atoms with van der Waals surface area (Å²) in [5, 5.41) is 12.4. The second-order valence-corrected chi connectivity index (χ2v) is 6.09. The molecule has 2 atom stereocenters. The first kappa shape index (κ1) is 17.2. The first-order chi connectivity index (χ1) is 10.8. The van der Waals surface area contributed by atoms with Gasteiger partial charge in [-0.1, -0.05) is 13.8 Å². The van der Waals surface area contributed by atoms with E-state index >= 15 is 0 Å². The Kier molecular flexibility index (Phi) is 4.61. The van der Waals surface area contributed by atoms with Crippen LogP contribution in [0.1, 0.15) is 37.6 Å². The van der Waals surface area contributed by atoms with Crippen molar-refractivity contribution in [3.05, 3.63) is 23.9 Å². The van der Waals surface area contributed by atoms with E-state index < -0.39 is 22.8 Å². The lowest BCUT2D eigenvalue weighted by Gasteiger charge is -2.58. The Balaban J connectivity index is 2.28. The maximum atomic E-state index is 12.6. The third-order valence-corrected chi connectivity index (χ3v) is 4.67. The van der Waals surface area contributed by atoms with Crippen LogP contribution in [-0.2, 0) is 9.53 Å². The topological polar surface area (TPSA) is 97.8 Å². The summed E-state index contributed by atoms with van der Waals surface area (Å²) in [4.78, 5) is 28.4. The lowest BCUT2D eigenvalue weighted by atomic mass is 9.54. The Labute approximate surface area is 135 Å². The number of amides is 1. The van der Waals surface area contributed by atoms with Crippen molar-refractivity contribution in [3.8, 4) is 5.88 Å². The van der Waals surface area contributed by atoms with Gasteiger partial charge >= 0.3 is 5.97 Å². The number of aliphatic carboxylic acids is 1. The van der Waals surface area contributed by atoms with E-state index in [2.05, 4.69) is 10.3 Å². The predicted octanol–water partition coefficient (Wildman–Crippen LogP) is 1.48. The van der Waals surface area contributed by atoms with Crippen molar-refractivity contribution in [2.24, 2.45) is 5.41 Å². The summed E-state index contributed by atoms with van der Waals surface area (Å²) in [5.41, 5.74) is -1.92. The van der Waals surface area contributed by atoms with Crippen LogP contribution in [0.25, 0.3) is 0 Å². The van der Waals surface area contributed by atoms with Gasteiger partial charge in [0, 0.05) is 24.6 Å². The maximum Gasteiger partial charge on any atom is 0.330 e. The van der Waals surface area contributed by atoms with Crippen LogP contribution in [0.2, 0.25) is 0 Å². The Morgan fingerprint density at radius 3 is 2.70 bits per heavy atom. The molecule has 1 saturated carbocycles. The molecule has 23 heavy (non-hydrogen) atoms. The average molecular weight is 322 g/mol. The van der Waals surface area contributed by atoms with Gasteiger partial charge in [-0.3, -0.25) is 4.79 Å². The molecule has 7 nitrogen and oxygen atoms in total. The number of rotatable bonds is 6. The summed E-state index contributed by atoms with van der Waals surface area (Å²) < 4.78 is 10.6. The van der Waals surface area contributed by atoms with Gasteiger partial charge in [-0.2, -0.15) is 0 Å². The van der Waals surface area contributed by atoms with Crippen molar-refractivity contribution in [1.82, 2.24) is 10.3 Å². The van der Waals surface area contributed by atoms with Crippen LogP contribution in [0.15, 0.2) is 18.3 Å². The normalized spacial score (nSPS) is 25.3. The van der Waals surface area contributed by atoms with Crippen LogP contribution in [0, 0.1) is 5.41 Å². The molecule has 0 spiro atoms. The van der Waals surface area contributed by atoms with E-state index in [0.717, 1.165) is 0 Å². The average Bonchev–Trinajstić information content (AvgIpc) is 2.53. The number of carboxylic acids is 1. The SMILES string of the molecule is CCOC1CC(NC(=O)c2cccnc2OC)(C(=O)O)C1(C)C. The molecule has 1 aliphatic rings. The highest BCUT2D eigenvalue weighted by Gasteiger charge is 2.66. The highest BCUT2D eigenvalue weighted by atomic mass is 16.5. The molecule has 0 saturated heterocycles. The lowest BCUT2D eigenvalue weighted by molar-refractivity contribution is -0.190. The van der Waals surface area contributed by atoms with E-state index in [4.69, 9.17) is 9.47 Å². The first-order valence-corrected chi connectivity index (χ1v) is 7.46. The van der Waals surface area contributed by atoms with Crippen LogP contribution >= 0.6 is 0 Å². The quantitative estimate of drug-likeness (QED) is 0.823. The Morgan fingerprint density at radius 1 is 1.48 bits per heavy atom. The molecule has 126 valence electrons. The minimum atomic E-state index is -1.38. The zero-order valence-electron chi connectivity index (χ0n) is 13.8. The van der Waals surface area contributed by atoms with Crippen LogP contribution in [0.5, 0.6) is 5.88 Å². The van der Waals surface area contributed by atoms with Gasteiger partial charge in [0.1, 0.15) is 11.1 Å². The molecule has 0 bridgehead atoms. The summed E-state index contributed by atoms with van der Waals surface area (Å²) in [6.07, 6.45) is 1.50. The van der Waals surface area contributed by atoms with E-state index in [1.54, 1.807) is 26.0 Å². The van der Waals surface area contributed by atoms with Crippen molar-refractivity contribution in [3.63, 3.8) is 0 Å². The van der Waals surface area contributed by atoms with Crippen molar-refractivity contribution in [1.29, 1.82) is 0 Å². The summed E-state index contributed by atoms with van der Waals surface area (Å²) in [7, 11) is 1.41. The zero-order valence-corrected chi connectivity index (χ0v) is 13.8. The van der Waals surface area contributed by atoms with Crippen molar-refractivity contribution in [2.75, 3.05) is 13.7 Å². The second kappa shape index (κ2) is 6.16. The fourth-order valence-electron chi connectivity index (χ4n) is 3.02. The third kappa shape index (κ3) is 2.65. The largest absolute Gasteiger partial charge is 0.480 e. The number of aromatic nitrogens is 1. The maximum absolute atomic E-state index is 12.6. The number of nitrogens with one attached hydrogen (secondary N) is 1. The number of nitrogens with zero attached hydrogens (tertiary/aromatic N) is 1. The number of hydrogen-bond donors (Lipinski definition) is 2. The standard InChI is InChI=1S/C16H22N2O5/c1-5-23-11-9-16(14(20)21,15(11,2)3)18-12(19)10-7-6-8-17-13(10)22-4/h6-8,11H,5,9H2,1-4H3,(H,18,19)(H,20,21). The van der Waals surface area contributed by atoms with E-state index in [1.165, 1.54) is 13.3 Å². The van der Waals surface area contributed by atoms with E-state index in [9.17, 15) is 14.7 Å². The highest BCUT2D eigenvalue weighted by molar-refractivity contribution is 6.00. The number of pyridine rings is 1. The fraction of sp³-hybridized carbons (Fsp3) is 0.562. The molecule has 1 aliphatic carbocycles. The lowest BCUT2D eigenvalue weighted by Crippen LogP contribution is -2.76. The van der Waals surface area contributed by atoms with Gasteiger partial charge in [-0.05, 0) is 19.1 Å². The molecule has 1 aromatic heterocycles. The minimum Gasteiger partial charge on any atom is -0.480 e. The summed E-state index contributed by atoms with van der Waals surface area (Å²) in [6, 6.07) is 3.14. The Bertz CT molecular complexity index is 616. The van der Waals surface area contributed by atoms with E-state index in [1.807, 2.05) is 6.92 Å². The molecule has 0 aromatic carbocycles. The predicted molar refractivity (Wildman–Crippen MR) is 82.4 cm³/mol. The molecule has 0 aliphatic heterocycles. The molecule has 1 aromatic rings. The van der Waals surface area contributed by atoms with Crippen LogP contribution in [0.3, 0.4) is 0 Å². The molecule has 1 heterocycles. The number of carboxylic acid groups (broad SMARTS) is 1. The van der Waals surface area contributed by atoms with Crippen LogP contribution in [-0.4, -0.2) is 47.3 Å². The number of ether oxygens (including phenoxy) is 2. The van der Waals surface area contributed by atoms with Gasteiger partial charge < -0.3 is 19.9 Å². The smallest absolute Gasteiger partial charge is 0.330 e. The molecular weight excluding hydrogens is 300 g/mol. The third-order valence-electron chi connectivity index (χ3n) is 4.67. The molecule has 1 amide bonds. The number of carbonyl (C=O) groups is 2. The second-order valence-electron chi connectivity index (χ2n) is 6.09. The highest BCUT2D eigenvalue weighted by Crippen LogP contribution is 2.51. The van der Waals surface area contributed by atoms with Crippen molar-refractivity contribution in [2.45, 2.75) is 38.8 Å². The molecule has 7 heteroatoms. The summed E-state index contributed by atoms with van der Waals surface area (Å²) >= 11 is 0. The number of methoxy groups -OCH3 is 1.